The van der Waals surface area contributed by atoms with Gasteiger partial charge in [-0.15, -0.1) is 0 Å². The second-order valence-electron chi connectivity index (χ2n) is 13.4. The van der Waals surface area contributed by atoms with E-state index >= 15 is 0 Å². The molecule has 0 aliphatic heterocycles. The molecular weight excluding hydrogens is 827 g/mol. The summed E-state index contributed by atoms with van der Waals surface area (Å²) in [5.74, 6) is -6.84. The molecule has 0 saturated heterocycles. The molecule has 2 unspecified atom stereocenters. The zero-order chi connectivity index (χ0) is 42.8. The fourth-order valence-electron chi connectivity index (χ4n) is 5.16. The molecule has 18 nitrogen and oxygen atoms in total. The van der Waals surface area contributed by atoms with Gasteiger partial charge in [0.25, 0.3) is 20.2 Å². The average molecular weight is 891 g/mol. The molecule has 0 saturated carbocycles. The van der Waals surface area contributed by atoms with E-state index in [0.717, 1.165) is 38.5 Å². The Bertz CT molecular complexity index is 1270. The van der Waals surface area contributed by atoms with Gasteiger partial charge in [-0.3, -0.25) is 28.3 Å². The number of hydrogen-bond donors (Lipinski definition) is 4. The van der Waals surface area contributed by atoms with Crippen LogP contribution >= 0.6 is 0 Å². The van der Waals surface area contributed by atoms with Gasteiger partial charge in [-0.1, -0.05) is 117 Å². The van der Waals surface area contributed by atoms with Crippen molar-refractivity contribution in [2.75, 3.05) is 26.3 Å². The first-order valence-electron chi connectivity index (χ1n) is 19.6. The van der Waals surface area contributed by atoms with Gasteiger partial charge in [0.2, 0.25) is 11.8 Å². The van der Waals surface area contributed by atoms with Crippen LogP contribution in [0.3, 0.4) is 0 Å². The number of nitrogens with one attached hydrogen (secondary N) is 2. The topological polar surface area (TPSA) is 300 Å². The Morgan fingerprint density at radius 2 is 0.759 bits per heavy atom. The van der Waals surface area contributed by atoms with E-state index in [1.165, 1.54) is 77.0 Å². The quantitative estimate of drug-likeness (QED) is 0.0207. The number of aliphatic carboxylic acids is 2. The third-order valence-electron chi connectivity index (χ3n) is 8.30. The van der Waals surface area contributed by atoms with Crippen LogP contribution in [0.25, 0.3) is 0 Å². The number of ether oxygens (including phenoxy) is 2. The van der Waals surface area contributed by atoms with Gasteiger partial charge in [0.1, 0.15) is 13.2 Å². The second kappa shape index (κ2) is 39.8. The number of carbonyl (C=O) groups is 6. The molecule has 0 fully saturated rings. The molecule has 328 valence electrons. The van der Waals surface area contributed by atoms with Crippen LogP contribution in [0.5, 0.6) is 0 Å². The van der Waals surface area contributed by atoms with Gasteiger partial charge in [-0.2, -0.15) is 16.8 Å². The summed E-state index contributed by atoms with van der Waals surface area (Å²) in [4.78, 5) is 67.3. The van der Waals surface area contributed by atoms with Crippen molar-refractivity contribution in [3.8, 4) is 0 Å². The number of carbonyl (C=O) groups excluding carboxylic acids is 6. The third-order valence-corrected chi connectivity index (χ3v) is 10.5. The molecule has 0 aromatic heterocycles. The first-order chi connectivity index (χ1) is 26.4. The Morgan fingerprint density at radius 3 is 1.00 bits per heavy atom. The maximum Gasteiger partial charge on any atom is 1.00 e. The molecule has 0 aromatic rings. The summed E-state index contributed by atoms with van der Waals surface area (Å²) in [6.07, 6.45) is 18.8. The molecular formula is C36H64N2Na2O16S2. The fraction of sp³-hybridized carbons (Fsp3) is 0.833. The summed E-state index contributed by atoms with van der Waals surface area (Å²) in [6.45, 7) is 3.63. The Morgan fingerprint density at radius 1 is 0.500 bits per heavy atom. The summed E-state index contributed by atoms with van der Waals surface area (Å²) in [7, 11) is -9.84. The maximum atomic E-state index is 11.7. The van der Waals surface area contributed by atoms with Gasteiger partial charge in [-0.05, 0) is 12.8 Å². The van der Waals surface area contributed by atoms with Crippen LogP contribution < -0.4 is 80.0 Å². The van der Waals surface area contributed by atoms with Gasteiger partial charge < -0.3 is 39.9 Å². The summed E-state index contributed by atoms with van der Waals surface area (Å²) in [5, 5.41) is 21.5. The number of carboxylic acid groups (broad SMARTS) is 2. The van der Waals surface area contributed by atoms with Crippen molar-refractivity contribution in [2.24, 2.45) is 0 Å². The summed E-state index contributed by atoms with van der Waals surface area (Å²) in [6, 6.07) is 0. The first kappa shape index (κ1) is 63.3. The first-order valence-corrected chi connectivity index (χ1v) is 22.6. The maximum absolute atomic E-state index is 11.7. The van der Waals surface area contributed by atoms with Crippen molar-refractivity contribution in [1.82, 2.24) is 10.6 Å². The molecule has 0 aliphatic rings. The second-order valence-corrected chi connectivity index (χ2v) is 16.5. The largest absolute Gasteiger partial charge is 1.00 e. The number of carboxylic acids is 2. The molecule has 4 N–H and O–H groups in total. The molecule has 58 heavy (non-hydrogen) atoms. The number of esters is 2. The fourth-order valence-corrected chi connectivity index (χ4v) is 6.48. The van der Waals surface area contributed by atoms with Crippen LogP contribution in [0.4, 0.5) is 0 Å². The van der Waals surface area contributed by atoms with Crippen LogP contribution in [-0.2, 0) is 58.5 Å². The Labute approximate surface area is 388 Å². The van der Waals surface area contributed by atoms with Crippen LogP contribution in [0.1, 0.15) is 155 Å². The third kappa shape index (κ3) is 40.1. The van der Waals surface area contributed by atoms with E-state index in [1.54, 1.807) is 0 Å². The van der Waals surface area contributed by atoms with E-state index in [4.69, 9.17) is 9.11 Å². The zero-order valence-corrected chi connectivity index (χ0v) is 40.6. The van der Waals surface area contributed by atoms with E-state index < -0.39 is 67.5 Å². The minimum Gasteiger partial charge on any atom is -0.550 e. The van der Waals surface area contributed by atoms with Crippen molar-refractivity contribution in [1.29, 1.82) is 0 Å². The Hall–Kier alpha value is -1.36. The smallest absolute Gasteiger partial charge is 0.550 e. The number of amides is 2. The van der Waals surface area contributed by atoms with Gasteiger partial charge in [0.15, 0.2) is 10.5 Å². The van der Waals surface area contributed by atoms with Crippen molar-refractivity contribution in [3.05, 3.63) is 0 Å². The van der Waals surface area contributed by atoms with E-state index in [9.17, 15) is 55.8 Å². The molecule has 2 atom stereocenters. The number of hydrogen-bond acceptors (Lipinski definition) is 14. The minimum atomic E-state index is -4.92. The van der Waals surface area contributed by atoms with E-state index in [-0.39, 0.29) is 97.2 Å². The SMILES string of the molecule is CCCCCCCCCCCC(=O)NCCOC(=O)C(CC(=O)[O-])S(=O)(=O)O.CCCCCCCCCCCC(=O)NCCOC(=O)C(CC(=O)[O-])S(=O)(=O)O.[Na+].[Na+]. The Balaban J connectivity index is -0.000000486. The summed E-state index contributed by atoms with van der Waals surface area (Å²) >= 11 is 0. The number of rotatable bonds is 34. The minimum absolute atomic E-state index is 0. The molecule has 0 heterocycles. The van der Waals surface area contributed by atoms with E-state index in [1.807, 2.05) is 0 Å². The predicted molar refractivity (Wildman–Crippen MR) is 202 cm³/mol. The monoisotopic (exact) mass is 890 g/mol. The van der Waals surface area contributed by atoms with E-state index in [0.29, 0.717) is 12.8 Å². The Kier molecular flexibility index (Phi) is 43.4. The molecule has 0 aromatic carbocycles. The van der Waals surface area contributed by atoms with Crippen LogP contribution in [0.2, 0.25) is 0 Å². The molecule has 0 spiro atoms. The van der Waals surface area contributed by atoms with Crippen LogP contribution in [0.15, 0.2) is 0 Å². The van der Waals surface area contributed by atoms with Crippen molar-refractivity contribution in [3.63, 3.8) is 0 Å². The summed E-state index contributed by atoms with van der Waals surface area (Å²) in [5.41, 5.74) is 0. The number of unbranched alkanes of at least 4 members (excludes halogenated alkanes) is 16. The van der Waals surface area contributed by atoms with Crippen LogP contribution in [-0.4, -0.2) is 98.4 Å². The molecule has 0 bridgehead atoms. The normalized spacial score (nSPS) is 11.9. The summed E-state index contributed by atoms with van der Waals surface area (Å²) < 4.78 is 70.9. The van der Waals surface area contributed by atoms with Crippen molar-refractivity contribution >= 4 is 55.9 Å². The zero-order valence-electron chi connectivity index (χ0n) is 35.0. The molecule has 2 amide bonds. The van der Waals surface area contributed by atoms with Gasteiger partial charge >= 0.3 is 71.1 Å². The molecule has 0 radical (unpaired) electrons. The molecule has 22 heteroatoms. The van der Waals surface area contributed by atoms with E-state index in [2.05, 4.69) is 34.0 Å². The predicted octanol–water partition coefficient (Wildman–Crippen LogP) is -4.07. The van der Waals surface area contributed by atoms with Gasteiger partial charge in [0.05, 0.1) is 13.1 Å². The van der Waals surface area contributed by atoms with Crippen molar-refractivity contribution < 1.29 is 134 Å². The molecule has 0 rings (SSSR count). The van der Waals surface area contributed by atoms with Gasteiger partial charge in [0, 0.05) is 37.6 Å². The van der Waals surface area contributed by atoms with Crippen molar-refractivity contribution in [2.45, 2.75) is 166 Å². The standard InChI is InChI=1S/2C18H33NO8S.2Na/c2*1-2-3-4-5-6-7-8-9-10-11-16(20)19-12-13-27-18(23)15(14-17(21)22)28(24,25)26;;/h2*15H,2-14H2,1H3,(H,19,20)(H,21,22)(H,24,25,26);;/q;;2*+1/p-2. The molecule has 0 aliphatic carbocycles. The van der Waals surface area contributed by atoms with Gasteiger partial charge in [-0.25, -0.2) is 0 Å². The average Bonchev–Trinajstić information content (AvgIpc) is 3.10. The van der Waals surface area contributed by atoms with Crippen LogP contribution in [0, 0.1) is 0 Å².